The van der Waals surface area contributed by atoms with Crippen molar-refractivity contribution in [1.82, 2.24) is 9.55 Å². The largest absolute Gasteiger partial charge is 0.284 e. The van der Waals surface area contributed by atoms with Gasteiger partial charge in [0, 0.05) is 21.7 Å². The third-order valence-corrected chi connectivity index (χ3v) is 5.73. The topological polar surface area (TPSA) is 34.9 Å². The zero-order valence-electron chi connectivity index (χ0n) is 12.5. The monoisotopic (exact) mass is 328 g/mol. The van der Waals surface area contributed by atoms with Crippen LogP contribution in [-0.2, 0) is 19.4 Å². The Balaban J connectivity index is 2.43. The quantitative estimate of drug-likeness (QED) is 0.680. The van der Waals surface area contributed by atoms with Crippen LogP contribution in [0, 0.1) is 12.3 Å². The number of thiophene rings is 2. The molecule has 3 aromatic rings. The molecule has 0 atom stereocenters. The molecule has 3 heterocycles. The van der Waals surface area contributed by atoms with Crippen molar-refractivity contribution >= 4 is 32.9 Å². The average molecular weight is 328 g/mol. The van der Waals surface area contributed by atoms with Crippen LogP contribution in [-0.4, -0.2) is 9.55 Å². The number of hydrogen-bond acceptors (Lipinski definition) is 4. The van der Waals surface area contributed by atoms with Crippen molar-refractivity contribution in [2.24, 2.45) is 0 Å². The first-order valence-electron chi connectivity index (χ1n) is 7.23. The van der Waals surface area contributed by atoms with Gasteiger partial charge in [-0.1, -0.05) is 25.8 Å². The minimum absolute atomic E-state index is 0.0147. The zero-order chi connectivity index (χ0) is 15.7. The summed E-state index contributed by atoms with van der Waals surface area (Å²) in [6.45, 7) is 4.38. The molecule has 0 aliphatic rings. The Morgan fingerprint density at radius 2 is 2.18 bits per heavy atom. The molecule has 0 radical (unpaired) electrons. The van der Waals surface area contributed by atoms with E-state index in [1.807, 2.05) is 18.4 Å². The molecule has 0 aliphatic carbocycles. The van der Waals surface area contributed by atoms with E-state index < -0.39 is 0 Å². The molecule has 0 N–H and O–H groups in total. The highest BCUT2D eigenvalue weighted by atomic mass is 32.1. The lowest BCUT2D eigenvalue weighted by Gasteiger charge is -2.08. The van der Waals surface area contributed by atoms with E-state index in [9.17, 15) is 4.79 Å². The summed E-state index contributed by atoms with van der Waals surface area (Å²) in [5.74, 6) is 3.33. The maximum Gasteiger partial charge on any atom is 0.263 e. The standard InChI is InChI=1S/C17H16N2OS2/c1-4-9-19-13(6-3)18-16-15(17(19)20)14(11(5-2)22-16)12-8-7-10-21-12/h1,7-8,10H,5-6,9H2,2-3H3. The van der Waals surface area contributed by atoms with E-state index in [-0.39, 0.29) is 12.1 Å². The van der Waals surface area contributed by atoms with Crippen molar-refractivity contribution in [3.8, 4) is 22.8 Å². The van der Waals surface area contributed by atoms with Crippen molar-refractivity contribution < 1.29 is 0 Å². The van der Waals surface area contributed by atoms with Gasteiger partial charge in [-0.05, 0) is 17.9 Å². The van der Waals surface area contributed by atoms with Crippen LogP contribution in [0.4, 0.5) is 0 Å². The fraction of sp³-hybridized carbons (Fsp3) is 0.294. The predicted octanol–water partition coefficient (Wildman–Crippen LogP) is 3.94. The predicted molar refractivity (Wildman–Crippen MR) is 94.8 cm³/mol. The van der Waals surface area contributed by atoms with Crippen molar-refractivity contribution in [3.63, 3.8) is 0 Å². The SMILES string of the molecule is C#CCn1c(CC)nc2sc(CC)c(-c3cccs3)c2c1=O. The lowest BCUT2D eigenvalue weighted by molar-refractivity contribution is 0.712. The number of terminal acetylenes is 1. The summed E-state index contributed by atoms with van der Waals surface area (Å²) < 4.78 is 1.63. The van der Waals surface area contributed by atoms with Gasteiger partial charge in [0.2, 0.25) is 0 Å². The molecule has 0 saturated carbocycles. The van der Waals surface area contributed by atoms with E-state index in [0.717, 1.165) is 32.9 Å². The number of hydrogen-bond donors (Lipinski definition) is 0. The second-order valence-electron chi connectivity index (χ2n) is 4.89. The second-order valence-corrected chi connectivity index (χ2v) is 6.92. The Labute approximate surface area is 137 Å². The summed E-state index contributed by atoms with van der Waals surface area (Å²) in [6, 6.07) is 4.07. The molecule has 0 aromatic carbocycles. The lowest BCUT2D eigenvalue weighted by Crippen LogP contribution is -2.24. The number of fused-ring (bicyclic) bond motifs is 1. The molecule has 5 heteroatoms. The van der Waals surface area contributed by atoms with Gasteiger partial charge in [0.1, 0.15) is 10.7 Å². The smallest absolute Gasteiger partial charge is 0.263 e. The van der Waals surface area contributed by atoms with Crippen LogP contribution in [0.2, 0.25) is 0 Å². The minimum atomic E-state index is -0.0147. The Morgan fingerprint density at radius 1 is 1.36 bits per heavy atom. The molecular formula is C17H16N2OS2. The van der Waals surface area contributed by atoms with Crippen molar-refractivity contribution in [3.05, 3.63) is 38.6 Å². The third-order valence-electron chi connectivity index (χ3n) is 3.62. The molecule has 0 fully saturated rings. The van der Waals surface area contributed by atoms with Gasteiger partial charge >= 0.3 is 0 Å². The molecule has 3 aromatic heterocycles. The van der Waals surface area contributed by atoms with Crippen LogP contribution >= 0.6 is 22.7 Å². The van der Waals surface area contributed by atoms with E-state index in [4.69, 9.17) is 11.4 Å². The molecule has 0 spiro atoms. The molecule has 0 unspecified atom stereocenters. The lowest BCUT2D eigenvalue weighted by atomic mass is 10.1. The number of aromatic nitrogens is 2. The number of aryl methyl sites for hydroxylation is 2. The second kappa shape index (κ2) is 6.07. The molecule has 3 nitrogen and oxygen atoms in total. The van der Waals surface area contributed by atoms with Gasteiger partial charge in [-0.2, -0.15) is 0 Å². The van der Waals surface area contributed by atoms with Crippen LogP contribution in [0.25, 0.3) is 20.7 Å². The van der Waals surface area contributed by atoms with Crippen molar-refractivity contribution in [1.29, 1.82) is 0 Å². The zero-order valence-corrected chi connectivity index (χ0v) is 14.2. The number of nitrogens with zero attached hydrogens (tertiary/aromatic N) is 2. The van der Waals surface area contributed by atoms with E-state index in [2.05, 4.69) is 18.9 Å². The summed E-state index contributed by atoms with van der Waals surface area (Å²) in [7, 11) is 0. The highest BCUT2D eigenvalue weighted by molar-refractivity contribution is 7.20. The minimum Gasteiger partial charge on any atom is -0.284 e. The first-order chi connectivity index (χ1) is 10.7. The normalized spacial score (nSPS) is 11.0. The van der Waals surface area contributed by atoms with Crippen LogP contribution in [0.5, 0.6) is 0 Å². The Bertz CT molecular complexity index is 911. The van der Waals surface area contributed by atoms with Gasteiger partial charge in [-0.15, -0.1) is 29.1 Å². The van der Waals surface area contributed by atoms with Crippen molar-refractivity contribution in [2.45, 2.75) is 33.2 Å². The Hall–Kier alpha value is -1.90. The van der Waals surface area contributed by atoms with Crippen molar-refractivity contribution in [2.75, 3.05) is 0 Å². The molecule has 22 heavy (non-hydrogen) atoms. The summed E-state index contributed by atoms with van der Waals surface area (Å²) in [4.78, 5) is 20.8. The summed E-state index contributed by atoms with van der Waals surface area (Å²) in [5, 5.41) is 2.75. The molecule has 112 valence electrons. The van der Waals surface area contributed by atoms with Crippen LogP contribution in [0.1, 0.15) is 24.5 Å². The van der Waals surface area contributed by atoms with E-state index in [1.54, 1.807) is 27.2 Å². The van der Waals surface area contributed by atoms with Crippen LogP contribution in [0.15, 0.2) is 22.3 Å². The van der Waals surface area contributed by atoms with Crippen LogP contribution < -0.4 is 5.56 Å². The van der Waals surface area contributed by atoms with Crippen LogP contribution in [0.3, 0.4) is 0 Å². The molecule has 3 rings (SSSR count). The van der Waals surface area contributed by atoms with E-state index in [0.29, 0.717) is 6.42 Å². The molecule has 0 bridgehead atoms. The third kappa shape index (κ3) is 2.29. The molecule has 0 amide bonds. The van der Waals surface area contributed by atoms with Gasteiger partial charge in [-0.3, -0.25) is 9.36 Å². The summed E-state index contributed by atoms with van der Waals surface area (Å²) in [5.41, 5.74) is 1.03. The van der Waals surface area contributed by atoms with Gasteiger partial charge in [0.05, 0.1) is 11.9 Å². The first-order valence-corrected chi connectivity index (χ1v) is 8.93. The Kier molecular flexibility index (Phi) is 4.14. The maximum absolute atomic E-state index is 13.0. The van der Waals surface area contributed by atoms with Gasteiger partial charge in [0.25, 0.3) is 5.56 Å². The highest BCUT2D eigenvalue weighted by Crippen LogP contribution is 2.38. The average Bonchev–Trinajstić information content (AvgIpc) is 3.16. The highest BCUT2D eigenvalue weighted by Gasteiger charge is 2.20. The fourth-order valence-corrected chi connectivity index (χ4v) is 4.63. The summed E-state index contributed by atoms with van der Waals surface area (Å²) in [6.07, 6.45) is 7.02. The molecular weight excluding hydrogens is 312 g/mol. The molecule has 0 saturated heterocycles. The first kappa shape index (κ1) is 15.0. The van der Waals surface area contributed by atoms with E-state index in [1.165, 1.54) is 4.88 Å². The Morgan fingerprint density at radius 3 is 2.77 bits per heavy atom. The fourth-order valence-electron chi connectivity index (χ4n) is 2.63. The van der Waals surface area contributed by atoms with E-state index >= 15 is 0 Å². The number of rotatable bonds is 4. The van der Waals surface area contributed by atoms with Gasteiger partial charge < -0.3 is 0 Å². The summed E-state index contributed by atoms with van der Waals surface area (Å²) >= 11 is 3.28. The molecule has 0 aliphatic heterocycles. The van der Waals surface area contributed by atoms with Gasteiger partial charge in [0.15, 0.2) is 0 Å². The van der Waals surface area contributed by atoms with Gasteiger partial charge in [-0.25, -0.2) is 4.98 Å². The maximum atomic E-state index is 13.0.